The molecule has 0 atom stereocenters. The number of carbonyl (C=O) groups excluding carboxylic acids is 2. The van der Waals surface area contributed by atoms with Crippen molar-refractivity contribution in [2.24, 2.45) is 0 Å². The molecule has 0 aliphatic heterocycles. The Morgan fingerprint density at radius 3 is 2.26 bits per heavy atom. The zero-order chi connectivity index (χ0) is 14.3. The molecule has 1 aromatic rings. The molecule has 102 valence electrons. The van der Waals surface area contributed by atoms with E-state index >= 15 is 0 Å². The van der Waals surface area contributed by atoms with Crippen molar-refractivity contribution in [2.45, 2.75) is 19.4 Å². The number of ether oxygens (including phenoxy) is 2. The van der Waals surface area contributed by atoms with E-state index < -0.39 is 16.9 Å². The molecule has 0 unspecified atom stereocenters. The van der Waals surface area contributed by atoms with Crippen LogP contribution < -0.4 is 0 Å². The van der Waals surface area contributed by atoms with Gasteiger partial charge in [0.05, 0.1) is 24.9 Å². The van der Waals surface area contributed by atoms with Crippen molar-refractivity contribution in [3.05, 3.63) is 39.9 Å². The SMILES string of the molecule is COC(=O)CCC(=O)OCc1ccc([N+](=O)[O-])cc1. The number of nitro groups is 1. The van der Waals surface area contributed by atoms with Crippen molar-refractivity contribution in [1.82, 2.24) is 0 Å². The van der Waals surface area contributed by atoms with Crippen LogP contribution in [-0.2, 0) is 25.7 Å². The maximum absolute atomic E-state index is 11.3. The number of rotatable bonds is 6. The minimum Gasteiger partial charge on any atom is -0.469 e. The second-order valence-corrected chi connectivity index (χ2v) is 3.66. The minimum absolute atomic E-state index is 0.0119. The van der Waals surface area contributed by atoms with Gasteiger partial charge >= 0.3 is 11.9 Å². The molecule has 0 saturated heterocycles. The molecule has 0 bridgehead atoms. The number of carbonyl (C=O) groups is 2. The molecule has 0 radical (unpaired) electrons. The van der Waals surface area contributed by atoms with Crippen LogP contribution in [0.4, 0.5) is 5.69 Å². The predicted octanol–water partition coefficient (Wildman–Crippen LogP) is 1.59. The number of hydrogen-bond donors (Lipinski definition) is 0. The van der Waals surface area contributed by atoms with E-state index in [0.29, 0.717) is 5.56 Å². The molecule has 0 aliphatic rings. The van der Waals surface area contributed by atoms with Crippen LogP contribution in [0.3, 0.4) is 0 Å². The second-order valence-electron chi connectivity index (χ2n) is 3.66. The van der Waals surface area contributed by atoms with E-state index in [1.54, 1.807) is 0 Å². The van der Waals surface area contributed by atoms with Gasteiger partial charge in [0.1, 0.15) is 6.61 Å². The first-order chi connectivity index (χ1) is 9.02. The third kappa shape index (κ3) is 5.15. The number of hydrogen-bond acceptors (Lipinski definition) is 6. The average molecular weight is 267 g/mol. The Morgan fingerprint density at radius 2 is 1.74 bits per heavy atom. The molecule has 1 aromatic carbocycles. The molecule has 0 fully saturated rings. The molecule has 0 saturated carbocycles. The van der Waals surface area contributed by atoms with Gasteiger partial charge in [-0.2, -0.15) is 0 Å². The Balaban J connectivity index is 2.37. The van der Waals surface area contributed by atoms with Crippen LogP contribution in [-0.4, -0.2) is 24.0 Å². The first-order valence-corrected chi connectivity index (χ1v) is 5.48. The van der Waals surface area contributed by atoms with Gasteiger partial charge in [-0.15, -0.1) is 0 Å². The number of nitrogens with zero attached hydrogens (tertiary/aromatic N) is 1. The van der Waals surface area contributed by atoms with Crippen molar-refractivity contribution in [1.29, 1.82) is 0 Å². The molecule has 0 amide bonds. The van der Waals surface area contributed by atoms with Crippen molar-refractivity contribution >= 4 is 17.6 Å². The van der Waals surface area contributed by atoms with E-state index in [-0.39, 0.29) is 25.1 Å². The minimum atomic E-state index is -0.524. The lowest BCUT2D eigenvalue weighted by Crippen LogP contribution is -2.08. The Morgan fingerprint density at radius 1 is 1.16 bits per heavy atom. The summed E-state index contributed by atoms with van der Waals surface area (Å²) >= 11 is 0. The fourth-order valence-corrected chi connectivity index (χ4v) is 1.26. The molecule has 0 aliphatic carbocycles. The van der Waals surface area contributed by atoms with Crippen molar-refractivity contribution < 1.29 is 24.0 Å². The number of methoxy groups -OCH3 is 1. The quantitative estimate of drug-likeness (QED) is 0.441. The summed E-state index contributed by atoms with van der Waals surface area (Å²) in [6.45, 7) is 0.0119. The summed E-state index contributed by atoms with van der Waals surface area (Å²) in [6, 6.07) is 5.67. The Hall–Kier alpha value is -2.44. The van der Waals surface area contributed by atoms with E-state index in [2.05, 4.69) is 4.74 Å². The number of non-ortho nitro benzene ring substituents is 1. The van der Waals surface area contributed by atoms with Gasteiger partial charge in [0.25, 0.3) is 5.69 Å². The summed E-state index contributed by atoms with van der Waals surface area (Å²) in [5, 5.41) is 10.4. The van der Waals surface area contributed by atoms with Crippen LogP contribution in [0.1, 0.15) is 18.4 Å². The summed E-state index contributed by atoms with van der Waals surface area (Å²) < 4.78 is 9.30. The lowest BCUT2D eigenvalue weighted by molar-refractivity contribution is -0.384. The standard InChI is InChI=1S/C12H13NO6/c1-18-11(14)6-7-12(15)19-8-9-2-4-10(5-3-9)13(16)17/h2-5H,6-8H2,1H3. The second kappa shape index (κ2) is 7.10. The van der Waals surface area contributed by atoms with Crippen LogP contribution in [0.2, 0.25) is 0 Å². The average Bonchev–Trinajstić information content (AvgIpc) is 2.42. The maximum Gasteiger partial charge on any atom is 0.306 e. The first kappa shape index (κ1) is 14.6. The van der Waals surface area contributed by atoms with Gasteiger partial charge in [-0.3, -0.25) is 19.7 Å². The summed E-state index contributed by atoms with van der Waals surface area (Å²) in [7, 11) is 1.24. The van der Waals surface area contributed by atoms with Crippen molar-refractivity contribution in [3.63, 3.8) is 0 Å². The zero-order valence-corrected chi connectivity index (χ0v) is 10.3. The van der Waals surface area contributed by atoms with Gasteiger partial charge in [0.15, 0.2) is 0 Å². The number of nitro benzene ring substituents is 1. The van der Waals surface area contributed by atoms with E-state index in [0.717, 1.165) is 0 Å². The highest BCUT2D eigenvalue weighted by atomic mass is 16.6. The predicted molar refractivity (Wildman–Crippen MR) is 64.1 cm³/mol. The Kier molecular flexibility index (Phi) is 5.46. The van der Waals surface area contributed by atoms with Crippen molar-refractivity contribution in [3.8, 4) is 0 Å². The number of benzene rings is 1. The largest absolute Gasteiger partial charge is 0.469 e. The third-order valence-corrected chi connectivity index (χ3v) is 2.31. The van der Waals surface area contributed by atoms with E-state index in [9.17, 15) is 19.7 Å². The highest BCUT2D eigenvalue weighted by Gasteiger charge is 2.09. The maximum atomic E-state index is 11.3. The number of esters is 2. The highest BCUT2D eigenvalue weighted by molar-refractivity contribution is 5.77. The molecule has 1 rings (SSSR count). The van der Waals surface area contributed by atoms with Crippen LogP contribution in [0.15, 0.2) is 24.3 Å². The van der Waals surface area contributed by atoms with Gasteiger partial charge in [-0.05, 0) is 17.7 Å². The van der Waals surface area contributed by atoms with E-state index in [1.807, 2.05) is 0 Å². The lowest BCUT2D eigenvalue weighted by atomic mass is 10.2. The Bertz CT molecular complexity index is 468. The molecule has 0 spiro atoms. The molecule has 0 N–H and O–H groups in total. The molecule has 19 heavy (non-hydrogen) atoms. The molecule has 7 heteroatoms. The molecule has 7 nitrogen and oxygen atoms in total. The van der Waals surface area contributed by atoms with Crippen LogP contribution >= 0.6 is 0 Å². The van der Waals surface area contributed by atoms with Gasteiger partial charge in [0.2, 0.25) is 0 Å². The molecule has 0 heterocycles. The van der Waals surface area contributed by atoms with Crippen LogP contribution in [0.25, 0.3) is 0 Å². The summed E-state index contributed by atoms with van der Waals surface area (Å²) in [5.74, 6) is -1.00. The van der Waals surface area contributed by atoms with Gasteiger partial charge in [-0.25, -0.2) is 0 Å². The van der Waals surface area contributed by atoms with Crippen molar-refractivity contribution in [2.75, 3.05) is 7.11 Å². The first-order valence-electron chi connectivity index (χ1n) is 5.48. The summed E-state index contributed by atoms with van der Waals surface area (Å²) in [5.41, 5.74) is 0.609. The van der Waals surface area contributed by atoms with Gasteiger partial charge in [-0.1, -0.05) is 0 Å². The molecular weight excluding hydrogens is 254 g/mol. The summed E-state index contributed by atoms with van der Waals surface area (Å²) in [6.07, 6.45) is -0.0880. The zero-order valence-electron chi connectivity index (χ0n) is 10.3. The lowest BCUT2D eigenvalue weighted by Gasteiger charge is -2.04. The fourth-order valence-electron chi connectivity index (χ4n) is 1.26. The molecular formula is C12H13NO6. The monoisotopic (exact) mass is 267 g/mol. The van der Waals surface area contributed by atoms with Crippen LogP contribution in [0, 0.1) is 10.1 Å². The smallest absolute Gasteiger partial charge is 0.306 e. The van der Waals surface area contributed by atoms with E-state index in [4.69, 9.17) is 4.74 Å². The topological polar surface area (TPSA) is 95.7 Å². The van der Waals surface area contributed by atoms with Crippen LogP contribution in [0.5, 0.6) is 0 Å². The van der Waals surface area contributed by atoms with Gasteiger partial charge < -0.3 is 9.47 Å². The third-order valence-electron chi connectivity index (χ3n) is 2.31. The van der Waals surface area contributed by atoms with E-state index in [1.165, 1.54) is 31.4 Å². The normalized spacial score (nSPS) is 9.74. The Labute approximate surface area is 109 Å². The molecule has 0 aromatic heterocycles. The summed E-state index contributed by atoms with van der Waals surface area (Å²) in [4.78, 5) is 32.0. The highest BCUT2D eigenvalue weighted by Crippen LogP contribution is 2.12. The van der Waals surface area contributed by atoms with Gasteiger partial charge in [0, 0.05) is 12.1 Å². The fraction of sp³-hybridized carbons (Fsp3) is 0.333.